The van der Waals surface area contributed by atoms with Crippen LogP contribution >= 0.6 is 0 Å². The Bertz CT molecular complexity index is 421. The maximum atomic E-state index is 10.7. The van der Waals surface area contributed by atoms with Gasteiger partial charge in [0.15, 0.2) is 0 Å². The highest BCUT2D eigenvalue weighted by Crippen LogP contribution is 2.27. The molecule has 1 atom stereocenters. The molecule has 0 aliphatic heterocycles. The van der Waals surface area contributed by atoms with Gasteiger partial charge in [-0.2, -0.15) is 0 Å². The summed E-state index contributed by atoms with van der Waals surface area (Å²) in [5, 5.41) is 10.7. The molecule has 0 aliphatic carbocycles. The molecule has 0 fully saturated rings. The van der Waals surface area contributed by atoms with E-state index in [1.165, 1.54) is 18.2 Å². The van der Waals surface area contributed by atoms with Crippen molar-refractivity contribution in [1.82, 2.24) is 4.90 Å². The van der Waals surface area contributed by atoms with Gasteiger partial charge in [-0.05, 0) is 33.5 Å². The molecule has 0 spiro atoms. The molecule has 6 nitrogen and oxygen atoms in total. The van der Waals surface area contributed by atoms with Crippen molar-refractivity contribution in [2.24, 2.45) is 0 Å². The number of benzene rings is 1. The van der Waals surface area contributed by atoms with E-state index in [1.807, 2.05) is 21.0 Å². The van der Waals surface area contributed by atoms with Gasteiger partial charge in [-0.25, -0.2) is 0 Å². The second-order valence-electron chi connectivity index (χ2n) is 4.50. The number of nitro groups is 1. The number of rotatable bonds is 6. The van der Waals surface area contributed by atoms with E-state index in [-0.39, 0.29) is 11.8 Å². The number of nitrogens with two attached hydrogens (primary N) is 1. The van der Waals surface area contributed by atoms with E-state index in [0.717, 1.165) is 13.0 Å². The summed E-state index contributed by atoms with van der Waals surface area (Å²) in [7, 11) is 3.96. The molecule has 0 bridgehead atoms. The lowest BCUT2D eigenvalue weighted by Gasteiger charge is -2.18. The van der Waals surface area contributed by atoms with Crippen LogP contribution in [0.5, 0.6) is 5.75 Å². The monoisotopic (exact) mass is 253 g/mol. The molecule has 100 valence electrons. The van der Waals surface area contributed by atoms with Gasteiger partial charge in [0.2, 0.25) is 0 Å². The minimum absolute atomic E-state index is 0.0148. The van der Waals surface area contributed by atoms with Crippen LogP contribution < -0.4 is 10.5 Å². The van der Waals surface area contributed by atoms with Crippen molar-refractivity contribution in [3.63, 3.8) is 0 Å². The first kappa shape index (κ1) is 14.2. The quantitative estimate of drug-likeness (QED) is 0.475. The third-order valence-corrected chi connectivity index (χ3v) is 2.52. The number of nitrogens with zero attached hydrogens (tertiary/aromatic N) is 2. The fraction of sp³-hybridized carbons (Fsp3) is 0.500. The number of ether oxygens (including phenoxy) is 1. The Morgan fingerprint density at radius 1 is 1.50 bits per heavy atom. The molecular formula is C12H19N3O3. The summed E-state index contributed by atoms with van der Waals surface area (Å²) in [6.45, 7) is 2.80. The topological polar surface area (TPSA) is 81.6 Å². The Morgan fingerprint density at radius 3 is 2.72 bits per heavy atom. The molecule has 0 amide bonds. The van der Waals surface area contributed by atoms with Gasteiger partial charge in [-0.15, -0.1) is 0 Å². The second-order valence-corrected chi connectivity index (χ2v) is 4.50. The van der Waals surface area contributed by atoms with Gasteiger partial charge in [0.1, 0.15) is 5.75 Å². The Kier molecular flexibility index (Phi) is 4.91. The number of nitro benzene ring substituents is 1. The highest BCUT2D eigenvalue weighted by Gasteiger charge is 2.12. The van der Waals surface area contributed by atoms with Crippen LogP contribution in [-0.4, -0.2) is 36.6 Å². The Labute approximate surface area is 106 Å². The molecule has 0 radical (unpaired) electrons. The van der Waals surface area contributed by atoms with Crippen molar-refractivity contribution in [1.29, 1.82) is 0 Å². The summed E-state index contributed by atoms with van der Waals surface area (Å²) in [5.41, 5.74) is 6.14. The third kappa shape index (κ3) is 4.21. The Hall–Kier alpha value is -1.82. The zero-order chi connectivity index (χ0) is 13.7. The number of nitrogen functional groups attached to an aromatic ring is 1. The second kappa shape index (κ2) is 6.20. The standard InChI is InChI=1S/C12H19N3O3/c1-9(6-7-14(2)3)18-12-8-10(15(16)17)4-5-11(12)13/h4-5,8-9H,6-7,13H2,1-3H3. The molecule has 0 heterocycles. The van der Waals surface area contributed by atoms with Crippen molar-refractivity contribution in [2.45, 2.75) is 19.4 Å². The van der Waals surface area contributed by atoms with E-state index in [1.54, 1.807) is 0 Å². The van der Waals surface area contributed by atoms with Gasteiger partial charge >= 0.3 is 0 Å². The predicted molar refractivity (Wildman–Crippen MR) is 70.8 cm³/mol. The summed E-state index contributed by atoms with van der Waals surface area (Å²) >= 11 is 0. The van der Waals surface area contributed by atoms with Gasteiger partial charge in [0.05, 0.1) is 22.8 Å². The lowest BCUT2D eigenvalue weighted by molar-refractivity contribution is -0.384. The van der Waals surface area contributed by atoms with Crippen LogP contribution in [0.2, 0.25) is 0 Å². The van der Waals surface area contributed by atoms with Crippen LogP contribution in [0, 0.1) is 10.1 Å². The van der Waals surface area contributed by atoms with Crippen molar-refractivity contribution < 1.29 is 9.66 Å². The average molecular weight is 253 g/mol. The van der Waals surface area contributed by atoms with E-state index in [2.05, 4.69) is 4.90 Å². The molecule has 6 heteroatoms. The lowest BCUT2D eigenvalue weighted by atomic mass is 10.2. The summed E-state index contributed by atoms with van der Waals surface area (Å²) in [6, 6.07) is 4.22. The van der Waals surface area contributed by atoms with E-state index < -0.39 is 4.92 Å². The summed E-state index contributed by atoms with van der Waals surface area (Å²) in [4.78, 5) is 12.3. The van der Waals surface area contributed by atoms with Crippen LogP contribution in [0.3, 0.4) is 0 Å². The van der Waals surface area contributed by atoms with Crippen molar-refractivity contribution in [3.05, 3.63) is 28.3 Å². The first-order valence-electron chi connectivity index (χ1n) is 5.75. The normalized spacial score (nSPS) is 12.4. The van der Waals surface area contributed by atoms with Crippen LogP contribution in [0.1, 0.15) is 13.3 Å². The smallest absolute Gasteiger partial charge is 0.273 e. The van der Waals surface area contributed by atoms with Crippen LogP contribution in [0.25, 0.3) is 0 Å². The largest absolute Gasteiger partial charge is 0.488 e. The molecule has 1 aromatic rings. The molecule has 0 saturated carbocycles. The number of anilines is 1. The summed E-state index contributed by atoms with van der Waals surface area (Å²) in [6.07, 6.45) is 0.784. The zero-order valence-corrected chi connectivity index (χ0v) is 10.9. The van der Waals surface area contributed by atoms with Crippen LogP contribution in [0.15, 0.2) is 18.2 Å². The first-order valence-corrected chi connectivity index (χ1v) is 5.75. The van der Waals surface area contributed by atoms with Crippen LogP contribution in [0.4, 0.5) is 11.4 Å². The summed E-state index contributed by atoms with van der Waals surface area (Å²) in [5.74, 6) is 0.371. The minimum atomic E-state index is -0.462. The molecule has 1 rings (SSSR count). The van der Waals surface area contributed by atoms with Crippen molar-refractivity contribution >= 4 is 11.4 Å². The summed E-state index contributed by atoms with van der Waals surface area (Å²) < 4.78 is 5.63. The van der Waals surface area contributed by atoms with E-state index in [4.69, 9.17) is 10.5 Å². The van der Waals surface area contributed by atoms with Gasteiger partial charge < -0.3 is 15.4 Å². The molecule has 0 aromatic heterocycles. The average Bonchev–Trinajstić information content (AvgIpc) is 2.29. The lowest BCUT2D eigenvalue weighted by Crippen LogP contribution is -2.21. The third-order valence-electron chi connectivity index (χ3n) is 2.52. The minimum Gasteiger partial charge on any atom is -0.488 e. The van der Waals surface area contributed by atoms with Crippen LogP contribution in [-0.2, 0) is 0 Å². The predicted octanol–water partition coefficient (Wildman–Crippen LogP) is 1.90. The first-order chi connectivity index (χ1) is 8.40. The number of hydrogen-bond donors (Lipinski definition) is 1. The van der Waals surface area contributed by atoms with Gasteiger partial charge in [0, 0.05) is 12.6 Å². The SMILES string of the molecule is CC(CCN(C)C)Oc1cc([N+](=O)[O-])ccc1N. The molecule has 1 unspecified atom stereocenters. The Balaban J connectivity index is 2.71. The molecule has 0 aliphatic rings. The van der Waals surface area contributed by atoms with Crippen molar-refractivity contribution in [2.75, 3.05) is 26.4 Å². The Morgan fingerprint density at radius 2 is 2.17 bits per heavy atom. The fourth-order valence-corrected chi connectivity index (χ4v) is 1.45. The molecule has 18 heavy (non-hydrogen) atoms. The number of non-ortho nitro benzene ring substituents is 1. The van der Waals surface area contributed by atoms with Gasteiger partial charge in [-0.1, -0.05) is 0 Å². The molecular weight excluding hydrogens is 234 g/mol. The van der Waals surface area contributed by atoms with E-state index in [0.29, 0.717) is 11.4 Å². The fourth-order valence-electron chi connectivity index (χ4n) is 1.45. The molecule has 2 N–H and O–H groups in total. The van der Waals surface area contributed by atoms with Crippen molar-refractivity contribution in [3.8, 4) is 5.75 Å². The van der Waals surface area contributed by atoms with E-state index >= 15 is 0 Å². The maximum absolute atomic E-state index is 10.7. The maximum Gasteiger partial charge on any atom is 0.273 e. The van der Waals surface area contributed by atoms with E-state index in [9.17, 15) is 10.1 Å². The van der Waals surface area contributed by atoms with Gasteiger partial charge in [0.25, 0.3) is 5.69 Å². The highest BCUT2D eigenvalue weighted by molar-refractivity contribution is 5.57. The zero-order valence-electron chi connectivity index (χ0n) is 10.9. The van der Waals surface area contributed by atoms with Gasteiger partial charge in [-0.3, -0.25) is 10.1 Å². The molecule has 1 aromatic carbocycles. The number of hydrogen-bond acceptors (Lipinski definition) is 5. The molecule has 0 saturated heterocycles. The highest BCUT2D eigenvalue weighted by atomic mass is 16.6.